The molecule has 3 aromatic carbocycles. The van der Waals surface area contributed by atoms with E-state index in [1.165, 1.54) is 10.9 Å². The topological polar surface area (TPSA) is 98.5 Å². The van der Waals surface area contributed by atoms with Gasteiger partial charge in [0.25, 0.3) is 0 Å². The molecular weight excluding hydrogens is 508 g/mol. The minimum atomic E-state index is -0.295. The van der Waals surface area contributed by atoms with Crippen molar-refractivity contribution >= 4 is 34.1 Å². The lowest BCUT2D eigenvalue weighted by Gasteiger charge is -2.15. The van der Waals surface area contributed by atoms with E-state index in [1.807, 2.05) is 37.4 Å². The summed E-state index contributed by atoms with van der Waals surface area (Å²) in [5.74, 6) is 0.192. The van der Waals surface area contributed by atoms with E-state index in [9.17, 15) is 10.1 Å². The highest BCUT2D eigenvalue weighted by Gasteiger charge is 2.25. The van der Waals surface area contributed by atoms with E-state index in [4.69, 9.17) is 11.6 Å². The number of nitriles is 1. The largest absolute Gasteiger partial charge is 0.369 e. The van der Waals surface area contributed by atoms with Gasteiger partial charge in [0, 0.05) is 34.9 Å². The van der Waals surface area contributed by atoms with E-state index in [0.717, 1.165) is 24.0 Å². The maximum absolute atomic E-state index is 13.4. The van der Waals surface area contributed by atoms with Crippen molar-refractivity contribution in [3.63, 3.8) is 0 Å². The first-order valence-corrected chi connectivity index (χ1v) is 13.3. The van der Waals surface area contributed by atoms with E-state index in [-0.39, 0.29) is 23.1 Å². The number of hydrogen-bond donors (Lipinski definition) is 3. The zero-order valence-electron chi connectivity index (χ0n) is 21.8. The molecule has 0 bridgehead atoms. The SMILES string of the molecule is Cc1ccc(C(=O)c2nn(-c3ccc(Cl)cc3)c(NCCCNC(C)c3ccc4cc[nH]c4c3)c2C#N)cc1. The van der Waals surface area contributed by atoms with Crippen LogP contribution in [0.2, 0.25) is 5.02 Å². The fourth-order valence-electron chi connectivity index (χ4n) is 4.52. The first kappa shape index (κ1) is 26.2. The average molecular weight is 537 g/mol. The predicted molar refractivity (Wildman–Crippen MR) is 156 cm³/mol. The molecule has 39 heavy (non-hydrogen) atoms. The summed E-state index contributed by atoms with van der Waals surface area (Å²) >= 11 is 6.10. The molecule has 0 saturated heterocycles. The number of carbonyl (C=O) groups excluding carboxylic acids is 1. The summed E-state index contributed by atoms with van der Waals surface area (Å²) in [6, 6.07) is 25.3. The molecule has 0 amide bonds. The Morgan fingerprint density at radius 2 is 1.85 bits per heavy atom. The van der Waals surface area contributed by atoms with E-state index >= 15 is 0 Å². The summed E-state index contributed by atoms with van der Waals surface area (Å²) in [5, 5.41) is 23.4. The number of ketones is 1. The number of halogens is 1. The highest BCUT2D eigenvalue weighted by atomic mass is 35.5. The number of nitrogens with zero attached hydrogens (tertiary/aromatic N) is 3. The summed E-state index contributed by atoms with van der Waals surface area (Å²) < 4.78 is 1.61. The van der Waals surface area contributed by atoms with Crippen LogP contribution in [0.15, 0.2) is 79.0 Å². The predicted octanol–water partition coefficient (Wildman–Crippen LogP) is 6.57. The number of nitrogens with one attached hydrogen (secondary N) is 3. The zero-order chi connectivity index (χ0) is 27.4. The molecule has 0 fully saturated rings. The van der Waals surface area contributed by atoms with Crippen LogP contribution < -0.4 is 10.6 Å². The molecule has 8 heteroatoms. The maximum atomic E-state index is 13.4. The standard InChI is InChI=1S/C31H29ClN6O/c1-20-4-6-23(7-5-20)30(39)29-27(19-33)31(38(37-29)26-12-10-25(32)11-13-26)36-16-3-15-34-21(2)24-9-8-22-14-17-35-28(22)18-24/h4-14,17-18,21,34-36H,3,15-16H2,1-2H3. The number of aromatic amines is 1. The molecule has 0 aliphatic carbocycles. The summed E-state index contributed by atoms with van der Waals surface area (Å²) in [4.78, 5) is 16.6. The molecule has 2 aromatic heterocycles. The van der Waals surface area contributed by atoms with Gasteiger partial charge < -0.3 is 15.6 Å². The van der Waals surface area contributed by atoms with Gasteiger partial charge in [0.05, 0.1) is 5.69 Å². The number of aryl methyl sites for hydroxylation is 1. The monoisotopic (exact) mass is 536 g/mol. The van der Waals surface area contributed by atoms with Crippen molar-refractivity contribution in [2.24, 2.45) is 0 Å². The number of anilines is 1. The fraction of sp³-hybridized carbons (Fsp3) is 0.194. The van der Waals surface area contributed by atoms with Crippen molar-refractivity contribution in [1.82, 2.24) is 20.1 Å². The van der Waals surface area contributed by atoms with Gasteiger partial charge in [-0.05, 0) is 74.2 Å². The van der Waals surface area contributed by atoms with Crippen molar-refractivity contribution < 1.29 is 4.79 Å². The number of hydrogen-bond acceptors (Lipinski definition) is 5. The summed E-state index contributed by atoms with van der Waals surface area (Å²) in [6.07, 6.45) is 2.75. The highest BCUT2D eigenvalue weighted by molar-refractivity contribution is 6.30. The smallest absolute Gasteiger partial charge is 0.214 e. The van der Waals surface area contributed by atoms with Crippen molar-refractivity contribution in [2.45, 2.75) is 26.3 Å². The Morgan fingerprint density at radius 3 is 2.59 bits per heavy atom. The van der Waals surface area contributed by atoms with Gasteiger partial charge in [-0.25, -0.2) is 4.68 Å². The van der Waals surface area contributed by atoms with Crippen LogP contribution in [0.25, 0.3) is 16.6 Å². The van der Waals surface area contributed by atoms with Crippen LogP contribution >= 0.6 is 11.6 Å². The van der Waals surface area contributed by atoms with Gasteiger partial charge >= 0.3 is 0 Å². The summed E-state index contributed by atoms with van der Waals surface area (Å²) in [5.41, 5.74) is 4.91. The minimum absolute atomic E-state index is 0.116. The lowest BCUT2D eigenvalue weighted by molar-refractivity contribution is 0.103. The van der Waals surface area contributed by atoms with Crippen molar-refractivity contribution in [1.29, 1.82) is 5.26 Å². The van der Waals surface area contributed by atoms with Crippen molar-refractivity contribution in [2.75, 3.05) is 18.4 Å². The van der Waals surface area contributed by atoms with Crippen molar-refractivity contribution in [3.8, 4) is 11.8 Å². The minimum Gasteiger partial charge on any atom is -0.369 e. The first-order valence-electron chi connectivity index (χ1n) is 12.9. The second-order valence-electron chi connectivity index (χ2n) is 9.55. The Kier molecular flexibility index (Phi) is 7.78. The van der Waals surface area contributed by atoms with Crippen LogP contribution in [0.5, 0.6) is 0 Å². The van der Waals surface area contributed by atoms with Gasteiger partial charge in [0.15, 0.2) is 5.69 Å². The van der Waals surface area contributed by atoms with Gasteiger partial charge in [-0.1, -0.05) is 53.6 Å². The second-order valence-corrected chi connectivity index (χ2v) is 9.98. The number of fused-ring (bicyclic) bond motifs is 1. The van der Waals surface area contributed by atoms with E-state index in [1.54, 1.807) is 28.9 Å². The third-order valence-electron chi connectivity index (χ3n) is 6.77. The molecule has 0 saturated carbocycles. The Morgan fingerprint density at radius 1 is 1.08 bits per heavy atom. The molecular formula is C31H29ClN6O. The summed E-state index contributed by atoms with van der Waals surface area (Å²) in [7, 11) is 0. The Balaban J connectivity index is 1.32. The lowest BCUT2D eigenvalue weighted by atomic mass is 10.0. The maximum Gasteiger partial charge on any atom is 0.214 e. The first-order chi connectivity index (χ1) is 18.9. The van der Waals surface area contributed by atoms with Gasteiger partial charge in [0.1, 0.15) is 17.5 Å². The number of H-pyrrole nitrogens is 1. The molecule has 1 atom stereocenters. The third kappa shape index (κ3) is 5.73. The van der Waals surface area contributed by atoms with E-state index in [2.05, 4.69) is 58.0 Å². The van der Waals surface area contributed by atoms with Crippen molar-refractivity contribution in [3.05, 3.63) is 112 Å². The average Bonchev–Trinajstić information content (AvgIpc) is 3.57. The van der Waals surface area contributed by atoms with Crippen LogP contribution in [0.3, 0.4) is 0 Å². The molecule has 2 heterocycles. The zero-order valence-corrected chi connectivity index (χ0v) is 22.6. The molecule has 0 aliphatic heterocycles. The third-order valence-corrected chi connectivity index (χ3v) is 7.02. The molecule has 7 nitrogen and oxygen atoms in total. The number of rotatable bonds is 10. The quantitative estimate of drug-likeness (QED) is 0.138. The number of benzene rings is 3. The van der Waals surface area contributed by atoms with Crippen LogP contribution in [-0.2, 0) is 0 Å². The second kappa shape index (κ2) is 11.6. The van der Waals surface area contributed by atoms with Crippen LogP contribution in [0.4, 0.5) is 5.82 Å². The molecule has 5 rings (SSSR count). The molecule has 5 aromatic rings. The molecule has 196 valence electrons. The van der Waals surface area contributed by atoms with Crippen LogP contribution in [0, 0.1) is 18.3 Å². The Hall–Kier alpha value is -4.38. The molecule has 1 unspecified atom stereocenters. The molecule has 0 radical (unpaired) electrons. The number of carbonyl (C=O) groups is 1. The van der Waals surface area contributed by atoms with E-state index in [0.29, 0.717) is 28.6 Å². The highest BCUT2D eigenvalue weighted by Crippen LogP contribution is 2.26. The lowest BCUT2D eigenvalue weighted by Crippen LogP contribution is -2.22. The van der Waals surface area contributed by atoms with Gasteiger partial charge in [-0.15, -0.1) is 0 Å². The van der Waals surface area contributed by atoms with Gasteiger partial charge in [0.2, 0.25) is 5.78 Å². The normalized spacial score (nSPS) is 11.8. The molecule has 0 spiro atoms. The fourth-order valence-corrected chi connectivity index (χ4v) is 4.65. The molecule has 0 aliphatic rings. The van der Waals surface area contributed by atoms with Gasteiger partial charge in [-0.2, -0.15) is 10.4 Å². The Bertz CT molecular complexity index is 1640. The summed E-state index contributed by atoms with van der Waals surface area (Å²) in [6.45, 7) is 5.46. The molecule has 3 N–H and O–H groups in total. The number of aromatic nitrogens is 3. The Labute approximate surface area is 232 Å². The van der Waals surface area contributed by atoms with Gasteiger partial charge in [-0.3, -0.25) is 4.79 Å². The van der Waals surface area contributed by atoms with E-state index < -0.39 is 0 Å². The van der Waals surface area contributed by atoms with Crippen LogP contribution in [0.1, 0.15) is 52.1 Å². The van der Waals surface area contributed by atoms with Crippen LogP contribution in [-0.4, -0.2) is 33.6 Å².